The zero-order valence-corrected chi connectivity index (χ0v) is 13.5. The Morgan fingerprint density at radius 1 is 1.24 bits per heavy atom. The van der Waals surface area contributed by atoms with Gasteiger partial charge in [0.15, 0.2) is 0 Å². The van der Waals surface area contributed by atoms with Gasteiger partial charge in [0.05, 0.1) is 17.4 Å². The first-order valence-electron chi connectivity index (χ1n) is 7.78. The van der Waals surface area contributed by atoms with Crippen molar-refractivity contribution in [3.05, 3.63) is 53.7 Å². The first-order chi connectivity index (χ1) is 12.0. The quantitative estimate of drug-likeness (QED) is 0.926. The zero-order chi connectivity index (χ0) is 18.0. The maximum Gasteiger partial charge on any atom is 0.325 e. The molecule has 1 aromatic heterocycles. The highest BCUT2D eigenvalue weighted by atomic mass is 19.1. The van der Waals surface area contributed by atoms with Gasteiger partial charge >= 0.3 is 6.03 Å². The van der Waals surface area contributed by atoms with Crippen molar-refractivity contribution in [3.63, 3.8) is 0 Å². The lowest BCUT2D eigenvalue weighted by Gasteiger charge is -2.16. The van der Waals surface area contributed by atoms with Gasteiger partial charge in [0.2, 0.25) is 0 Å². The minimum atomic E-state index is -0.814. The van der Waals surface area contributed by atoms with Crippen LogP contribution < -0.4 is 10.2 Å². The summed E-state index contributed by atoms with van der Waals surface area (Å²) >= 11 is 0. The molecule has 0 atom stereocenters. The molecule has 130 valence electrons. The highest BCUT2D eigenvalue weighted by molar-refractivity contribution is 6.04. The number of aromatic nitrogens is 1. The third-order valence-electron chi connectivity index (χ3n) is 3.93. The van der Waals surface area contributed by atoms with Crippen molar-refractivity contribution < 1.29 is 18.4 Å². The molecule has 0 radical (unpaired) electrons. The standard InChI is InChI=1S/C17H16F2N4O2/c1-2-22-7-8-23(17(22)25)15-6-4-12(10-20-15)21-16(24)13-9-11(18)3-5-14(13)19/h3-6,9-10H,2,7-8H2,1H3,(H,21,24). The number of amides is 3. The highest BCUT2D eigenvalue weighted by Crippen LogP contribution is 2.20. The number of hydrogen-bond acceptors (Lipinski definition) is 3. The molecule has 6 nitrogen and oxygen atoms in total. The van der Waals surface area contributed by atoms with E-state index in [1.54, 1.807) is 21.9 Å². The first-order valence-corrected chi connectivity index (χ1v) is 7.78. The lowest BCUT2D eigenvalue weighted by molar-refractivity contribution is 0.102. The van der Waals surface area contributed by atoms with E-state index in [-0.39, 0.29) is 6.03 Å². The maximum atomic E-state index is 13.6. The van der Waals surface area contributed by atoms with Crippen LogP contribution in [0.1, 0.15) is 17.3 Å². The normalized spacial score (nSPS) is 14.1. The molecule has 1 fully saturated rings. The van der Waals surface area contributed by atoms with Crippen molar-refractivity contribution >= 4 is 23.4 Å². The monoisotopic (exact) mass is 346 g/mol. The predicted octanol–water partition coefficient (Wildman–Crippen LogP) is 2.87. The summed E-state index contributed by atoms with van der Waals surface area (Å²) in [5, 5.41) is 2.45. The molecular weight excluding hydrogens is 330 g/mol. The van der Waals surface area contributed by atoms with Gasteiger partial charge in [-0.15, -0.1) is 0 Å². The Kier molecular flexibility index (Phi) is 4.60. The van der Waals surface area contributed by atoms with Crippen LogP contribution in [0, 0.1) is 11.6 Å². The third kappa shape index (κ3) is 3.42. The Morgan fingerprint density at radius 2 is 2.04 bits per heavy atom. The number of nitrogens with zero attached hydrogens (tertiary/aromatic N) is 3. The van der Waals surface area contributed by atoms with Crippen LogP contribution in [0.15, 0.2) is 36.5 Å². The van der Waals surface area contributed by atoms with E-state index in [2.05, 4.69) is 10.3 Å². The molecule has 1 aliphatic rings. The average Bonchev–Trinajstić information content (AvgIpc) is 2.98. The molecule has 8 heteroatoms. The predicted molar refractivity (Wildman–Crippen MR) is 88.5 cm³/mol. The SMILES string of the molecule is CCN1CCN(c2ccc(NC(=O)c3cc(F)ccc3F)cn2)C1=O. The Labute approximate surface area is 143 Å². The third-order valence-corrected chi connectivity index (χ3v) is 3.93. The van der Waals surface area contributed by atoms with Gasteiger partial charge in [-0.1, -0.05) is 0 Å². The summed E-state index contributed by atoms with van der Waals surface area (Å²) in [7, 11) is 0. The Hall–Kier alpha value is -3.03. The number of nitrogens with one attached hydrogen (secondary N) is 1. The Bertz CT molecular complexity index is 811. The fraction of sp³-hybridized carbons (Fsp3) is 0.235. The molecule has 0 spiro atoms. The van der Waals surface area contributed by atoms with E-state index in [1.165, 1.54) is 6.20 Å². The van der Waals surface area contributed by atoms with Crippen LogP contribution in [0.3, 0.4) is 0 Å². The molecule has 0 bridgehead atoms. The number of likely N-dealkylation sites (N-methyl/N-ethyl adjacent to an activating group) is 1. The van der Waals surface area contributed by atoms with E-state index >= 15 is 0 Å². The van der Waals surface area contributed by atoms with E-state index in [0.29, 0.717) is 31.1 Å². The minimum absolute atomic E-state index is 0.117. The molecule has 0 aliphatic carbocycles. The lowest BCUT2D eigenvalue weighted by atomic mass is 10.2. The summed E-state index contributed by atoms with van der Waals surface area (Å²) in [6.07, 6.45) is 1.37. The summed E-state index contributed by atoms with van der Waals surface area (Å²) in [5.74, 6) is -1.82. The van der Waals surface area contributed by atoms with Gasteiger partial charge in [0.1, 0.15) is 17.5 Å². The van der Waals surface area contributed by atoms with Crippen LogP contribution in [0.5, 0.6) is 0 Å². The average molecular weight is 346 g/mol. The number of carbonyl (C=O) groups excluding carboxylic acids is 2. The second kappa shape index (κ2) is 6.84. The summed E-state index contributed by atoms with van der Waals surface area (Å²) in [4.78, 5) is 31.6. The fourth-order valence-corrected chi connectivity index (χ4v) is 2.58. The summed E-state index contributed by atoms with van der Waals surface area (Å²) < 4.78 is 26.8. The van der Waals surface area contributed by atoms with Crippen LogP contribution in [0.4, 0.5) is 25.1 Å². The molecule has 0 saturated carbocycles. The van der Waals surface area contributed by atoms with Crippen molar-refractivity contribution in [1.82, 2.24) is 9.88 Å². The van der Waals surface area contributed by atoms with Crippen molar-refractivity contribution in [2.24, 2.45) is 0 Å². The molecule has 2 aromatic rings. The van der Waals surface area contributed by atoms with E-state index in [9.17, 15) is 18.4 Å². The van der Waals surface area contributed by atoms with E-state index in [0.717, 1.165) is 18.2 Å². The highest BCUT2D eigenvalue weighted by Gasteiger charge is 2.28. The number of urea groups is 1. The smallest absolute Gasteiger partial charge is 0.323 e. The largest absolute Gasteiger partial charge is 0.325 e. The molecule has 1 aliphatic heterocycles. The molecule has 3 rings (SSSR count). The van der Waals surface area contributed by atoms with Crippen LogP contribution >= 0.6 is 0 Å². The van der Waals surface area contributed by atoms with Gasteiger partial charge in [-0.3, -0.25) is 9.69 Å². The number of rotatable bonds is 4. The number of anilines is 2. The van der Waals surface area contributed by atoms with Gasteiger partial charge in [-0.25, -0.2) is 18.6 Å². The molecule has 3 amide bonds. The number of halogens is 2. The molecule has 0 unspecified atom stereocenters. The van der Waals surface area contributed by atoms with Crippen LogP contribution in [-0.2, 0) is 0 Å². The van der Waals surface area contributed by atoms with Gasteiger partial charge in [0, 0.05) is 19.6 Å². The van der Waals surface area contributed by atoms with Crippen molar-refractivity contribution in [2.75, 3.05) is 29.9 Å². The van der Waals surface area contributed by atoms with Gasteiger partial charge in [-0.2, -0.15) is 0 Å². The van der Waals surface area contributed by atoms with Crippen LogP contribution in [-0.4, -0.2) is 41.5 Å². The topological polar surface area (TPSA) is 65.5 Å². The van der Waals surface area contributed by atoms with Crippen molar-refractivity contribution in [3.8, 4) is 0 Å². The number of benzene rings is 1. The molecule has 2 heterocycles. The van der Waals surface area contributed by atoms with Gasteiger partial charge < -0.3 is 10.2 Å². The Morgan fingerprint density at radius 3 is 2.68 bits per heavy atom. The van der Waals surface area contributed by atoms with E-state index < -0.39 is 23.1 Å². The molecular formula is C17H16F2N4O2. The second-order valence-electron chi connectivity index (χ2n) is 5.50. The van der Waals surface area contributed by atoms with Crippen LogP contribution in [0.2, 0.25) is 0 Å². The van der Waals surface area contributed by atoms with Crippen molar-refractivity contribution in [1.29, 1.82) is 0 Å². The lowest BCUT2D eigenvalue weighted by Crippen LogP contribution is -2.32. The summed E-state index contributed by atoms with van der Waals surface area (Å²) in [6, 6.07) is 5.69. The molecule has 1 N–H and O–H groups in total. The first kappa shape index (κ1) is 16.8. The van der Waals surface area contributed by atoms with Gasteiger partial charge in [-0.05, 0) is 37.3 Å². The molecule has 25 heavy (non-hydrogen) atoms. The second-order valence-corrected chi connectivity index (χ2v) is 5.50. The van der Waals surface area contributed by atoms with Crippen molar-refractivity contribution in [2.45, 2.75) is 6.92 Å². The maximum absolute atomic E-state index is 13.6. The van der Waals surface area contributed by atoms with E-state index in [1.807, 2.05) is 6.92 Å². The molecule has 1 aromatic carbocycles. The summed E-state index contributed by atoms with van der Waals surface area (Å²) in [6.45, 7) is 3.70. The number of carbonyl (C=O) groups is 2. The zero-order valence-electron chi connectivity index (χ0n) is 13.5. The number of hydrogen-bond donors (Lipinski definition) is 1. The van der Waals surface area contributed by atoms with E-state index in [4.69, 9.17) is 0 Å². The number of pyridine rings is 1. The molecule has 1 saturated heterocycles. The minimum Gasteiger partial charge on any atom is -0.323 e. The summed E-state index contributed by atoms with van der Waals surface area (Å²) in [5.41, 5.74) is -0.0752. The Balaban J connectivity index is 1.72. The fourth-order valence-electron chi connectivity index (χ4n) is 2.58. The van der Waals surface area contributed by atoms with Crippen LogP contribution in [0.25, 0.3) is 0 Å². The van der Waals surface area contributed by atoms with Gasteiger partial charge in [0.25, 0.3) is 5.91 Å².